The highest BCUT2D eigenvalue weighted by Gasteiger charge is 2.38. The minimum Gasteiger partial charge on any atom is -0.481 e. The van der Waals surface area contributed by atoms with Gasteiger partial charge in [-0.15, -0.1) is 0 Å². The van der Waals surface area contributed by atoms with Gasteiger partial charge in [0.05, 0.1) is 17.6 Å². The number of unbranched alkanes of at least 4 members (excludes halogenated alkanes) is 1. The smallest absolute Gasteiger partial charge is 0.303 e. The number of aliphatic carboxylic acids is 1. The lowest BCUT2D eigenvalue weighted by Gasteiger charge is -2.25. The molecule has 2 N–H and O–H groups in total. The molecule has 6 nitrogen and oxygen atoms in total. The molecular weight excluding hydrogens is 498 g/mol. The highest BCUT2D eigenvalue weighted by Crippen LogP contribution is 2.34. The van der Waals surface area contributed by atoms with Gasteiger partial charge >= 0.3 is 5.97 Å². The van der Waals surface area contributed by atoms with Gasteiger partial charge < -0.3 is 9.84 Å². The molecule has 0 spiro atoms. The van der Waals surface area contributed by atoms with E-state index in [-0.39, 0.29) is 29.4 Å². The van der Waals surface area contributed by atoms with E-state index in [9.17, 15) is 13.2 Å². The second kappa shape index (κ2) is 13.5. The van der Waals surface area contributed by atoms with Crippen molar-refractivity contribution in [2.75, 3.05) is 0 Å². The van der Waals surface area contributed by atoms with Crippen LogP contribution in [-0.4, -0.2) is 31.6 Å². The van der Waals surface area contributed by atoms with Gasteiger partial charge in [-0.3, -0.25) is 4.79 Å². The molecular formula is C31H35NO5S. The Balaban J connectivity index is 1.40. The molecule has 1 aliphatic rings. The summed E-state index contributed by atoms with van der Waals surface area (Å²) in [6.07, 6.45) is 7.46. The zero-order valence-electron chi connectivity index (χ0n) is 21.4. The van der Waals surface area contributed by atoms with E-state index >= 15 is 0 Å². The molecule has 38 heavy (non-hydrogen) atoms. The number of carboxylic acid groups (broad SMARTS) is 1. The van der Waals surface area contributed by atoms with E-state index in [1.54, 1.807) is 30.3 Å². The van der Waals surface area contributed by atoms with Crippen LogP contribution in [0, 0.1) is 5.92 Å². The molecule has 3 aromatic carbocycles. The largest absolute Gasteiger partial charge is 0.481 e. The first kappa shape index (κ1) is 27.8. The number of allylic oxidation sites excluding steroid dienone is 2. The molecule has 1 fully saturated rings. The Bertz CT molecular complexity index is 1290. The predicted molar refractivity (Wildman–Crippen MR) is 149 cm³/mol. The van der Waals surface area contributed by atoms with Crippen molar-refractivity contribution in [3.8, 4) is 11.1 Å². The fourth-order valence-corrected chi connectivity index (χ4v) is 6.28. The fourth-order valence-electron chi connectivity index (χ4n) is 4.94. The van der Waals surface area contributed by atoms with E-state index in [0.29, 0.717) is 32.3 Å². The summed E-state index contributed by atoms with van der Waals surface area (Å²) in [4.78, 5) is 11.0. The molecule has 0 bridgehead atoms. The molecule has 200 valence electrons. The average molecular weight is 534 g/mol. The quantitative estimate of drug-likeness (QED) is 0.202. The molecule has 3 atom stereocenters. The van der Waals surface area contributed by atoms with Crippen molar-refractivity contribution in [3.63, 3.8) is 0 Å². The van der Waals surface area contributed by atoms with E-state index in [1.807, 2.05) is 30.4 Å². The molecule has 0 radical (unpaired) electrons. The summed E-state index contributed by atoms with van der Waals surface area (Å²) in [5.74, 6) is -0.817. The van der Waals surface area contributed by atoms with Crippen molar-refractivity contribution in [1.29, 1.82) is 0 Å². The van der Waals surface area contributed by atoms with Gasteiger partial charge in [0.15, 0.2) is 0 Å². The summed E-state index contributed by atoms with van der Waals surface area (Å²) in [5.41, 5.74) is 3.39. The van der Waals surface area contributed by atoms with E-state index < -0.39 is 16.0 Å². The maximum absolute atomic E-state index is 13.0. The third kappa shape index (κ3) is 7.87. The summed E-state index contributed by atoms with van der Waals surface area (Å²) < 4.78 is 35.3. The molecule has 0 heterocycles. The van der Waals surface area contributed by atoms with Crippen LogP contribution in [0.1, 0.15) is 44.1 Å². The topological polar surface area (TPSA) is 92.7 Å². The number of carbonyl (C=O) groups is 1. The number of sulfonamides is 1. The monoisotopic (exact) mass is 533 g/mol. The lowest BCUT2D eigenvalue weighted by Crippen LogP contribution is -2.39. The Morgan fingerprint density at radius 3 is 2.24 bits per heavy atom. The van der Waals surface area contributed by atoms with Crippen LogP contribution in [0.5, 0.6) is 0 Å². The minimum absolute atomic E-state index is 0.0206. The third-order valence-corrected chi connectivity index (χ3v) is 8.48. The number of hydrogen-bond acceptors (Lipinski definition) is 4. The lowest BCUT2D eigenvalue weighted by atomic mass is 9.97. The standard InChI is InChI=1S/C31H35NO5S/c33-31(34)16-10-2-1-9-15-28-29(32-38(35,36)27-13-7-4-8-14-27)21-22-30(28)37-23-24-17-19-26(20-18-24)25-11-5-3-6-12-25/h1,3-9,11-14,17-20,28-30,32H,2,10,15-16,21-23H2,(H,33,34)/t28-,29+,30+/m1/s1. The van der Waals surface area contributed by atoms with Crippen LogP contribution in [0.25, 0.3) is 11.1 Å². The highest BCUT2D eigenvalue weighted by molar-refractivity contribution is 7.89. The lowest BCUT2D eigenvalue weighted by molar-refractivity contribution is -0.137. The first-order chi connectivity index (χ1) is 18.4. The normalized spacial score (nSPS) is 19.6. The van der Waals surface area contributed by atoms with Gasteiger partial charge in [-0.25, -0.2) is 13.1 Å². The molecule has 0 aliphatic heterocycles. The maximum Gasteiger partial charge on any atom is 0.303 e. The second-order valence-electron chi connectivity index (χ2n) is 9.69. The van der Waals surface area contributed by atoms with E-state index in [2.05, 4.69) is 41.1 Å². The number of hydrogen-bond donors (Lipinski definition) is 2. The SMILES string of the molecule is O=C(O)CCCC=CC[C@@H]1[C@@H](NS(=O)(=O)c2ccccc2)CC[C@@H]1OCc1ccc(-c2ccccc2)cc1. The van der Waals surface area contributed by atoms with Crippen molar-refractivity contribution in [2.45, 2.75) is 62.2 Å². The Morgan fingerprint density at radius 1 is 0.895 bits per heavy atom. The average Bonchev–Trinajstić information content (AvgIpc) is 3.30. The van der Waals surface area contributed by atoms with Crippen molar-refractivity contribution >= 4 is 16.0 Å². The van der Waals surface area contributed by atoms with E-state index in [1.165, 1.54) is 5.56 Å². The molecule has 0 amide bonds. The summed E-state index contributed by atoms with van der Waals surface area (Å²) in [6, 6.07) is 26.7. The summed E-state index contributed by atoms with van der Waals surface area (Å²) in [7, 11) is -3.64. The number of carboxylic acids is 1. The van der Waals surface area contributed by atoms with Crippen LogP contribution in [0.3, 0.4) is 0 Å². The fraction of sp³-hybridized carbons (Fsp3) is 0.323. The van der Waals surface area contributed by atoms with Gasteiger partial charge in [0.2, 0.25) is 10.0 Å². The maximum atomic E-state index is 13.0. The molecule has 4 rings (SSSR count). The minimum atomic E-state index is -3.64. The van der Waals surface area contributed by atoms with Gasteiger partial charge in [0.25, 0.3) is 0 Å². The van der Waals surface area contributed by atoms with Crippen molar-refractivity contribution < 1.29 is 23.1 Å². The Hall–Kier alpha value is -3.26. The third-order valence-electron chi connectivity index (χ3n) is 6.98. The molecule has 0 unspecified atom stereocenters. The summed E-state index contributed by atoms with van der Waals surface area (Å²) in [5, 5.41) is 8.83. The van der Waals surface area contributed by atoms with Crippen LogP contribution in [0.15, 0.2) is 102 Å². The Kier molecular flexibility index (Phi) is 9.87. The molecule has 0 aromatic heterocycles. The van der Waals surface area contributed by atoms with Crippen LogP contribution < -0.4 is 4.72 Å². The van der Waals surface area contributed by atoms with Gasteiger partial charge in [-0.2, -0.15) is 0 Å². The Labute approximate surface area is 225 Å². The summed E-state index contributed by atoms with van der Waals surface area (Å²) in [6.45, 7) is 0.455. The van der Waals surface area contributed by atoms with Crippen molar-refractivity contribution in [3.05, 3.63) is 103 Å². The predicted octanol–water partition coefficient (Wildman–Crippen LogP) is 6.20. The second-order valence-corrected chi connectivity index (χ2v) is 11.4. The number of ether oxygens (including phenoxy) is 1. The van der Waals surface area contributed by atoms with E-state index in [0.717, 1.165) is 17.5 Å². The van der Waals surface area contributed by atoms with Crippen LogP contribution in [-0.2, 0) is 26.2 Å². The highest BCUT2D eigenvalue weighted by atomic mass is 32.2. The van der Waals surface area contributed by atoms with Crippen LogP contribution in [0.2, 0.25) is 0 Å². The Morgan fingerprint density at radius 2 is 1.55 bits per heavy atom. The van der Waals surface area contributed by atoms with Crippen LogP contribution >= 0.6 is 0 Å². The summed E-state index contributed by atoms with van der Waals surface area (Å²) >= 11 is 0. The van der Waals surface area contributed by atoms with Gasteiger partial charge in [-0.05, 0) is 60.9 Å². The zero-order chi connectivity index (χ0) is 26.8. The molecule has 1 saturated carbocycles. The van der Waals surface area contributed by atoms with Crippen molar-refractivity contribution in [2.24, 2.45) is 5.92 Å². The van der Waals surface area contributed by atoms with Crippen molar-refractivity contribution in [1.82, 2.24) is 4.72 Å². The first-order valence-electron chi connectivity index (χ1n) is 13.1. The number of nitrogens with one attached hydrogen (secondary N) is 1. The van der Waals surface area contributed by atoms with Gasteiger partial charge in [0, 0.05) is 18.4 Å². The van der Waals surface area contributed by atoms with Gasteiger partial charge in [0.1, 0.15) is 0 Å². The molecule has 3 aromatic rings. The number of benzene rings is 3. The van der Waals surface area contributed by atoms with Gasteiger partial charge in [-0.1, -0.05) is 84.9 Å². The molecule has 0 saturated heterocycles. The van der Waals surface area contributed by atoms with E-state index in [4.69, 9.17) is 9.84 Å². The molecule has 1 aliphatic carbocycles. The van der Waals surface area contributed by atoms with Crippen LogP contribution in [0.4, 0.5) is 0 Å². The first-order valence-corrected chi connectivity index (χ1v) is 14.6. The molecule has 7 heteroatoms. The zero-order valence-corrected chi connectivity index (χ0v) is 22.2. The number of rotatable bonds is 13.